The molecule has 2 N–H and O–H groups in total. The van der Waals surface area contributed by atoms with Crippen LogP contribution in [0.25, 0.3) is 0 Å². The molecule has 45 heavy (non-hydrogen) atoms. The first-order chi connectivity index (χ1) is 21.1. The molecule has 0 aromatic heterocycles. The predicted octanol–water partition coefficient (Wildman–Crippen LogP) is 6.35. The van der Waals surface area contributed by atoms with Crippen LogP contribution in [0.3, 0.4) is 0 Å². The van der Waals surface area contributed by atoms with Crippen molar-refractivity contribution in [1.29, 1.82) is 0 Å². The van der Waals surface area contributed by atoms with Gasteiger partial charge in [-0.05, 0) is 102 Å². The summed E-state index contributed by atoms with van der Waals surface area (Å²) in [6, 6.07) is 13.3. The number of halogens is 1. The number of hydrogen-bond acceptors (Lipinski definition) is 9. The Hall–Kier alpha value is -3.99. The fourth-order valence-corrected chi connectivity index (χ4v) is 4.68. The topological polar surface area (TPSA) is 138 Å². The zero-order valence-corrected chi connectivity index (χ0v) is 27.4. The highest BCUT2D eigenvalue weighted by Crippen LogP contribution is 2.24. The molecule has 246 valence electrons. The largest absolute Gasteiger partial charge is 0.511 e. The normalized spacial score (nSPS) is 17.3. The van der Waals surface area contributed by atoms with Crippen LogP contribution in [0, 0.1) is 0 Å². The number of amides is 2. The number of ether oxygens (including phenoxy) is 5. The van der Waals surface area contributed by atoms with Crippen LogP contribution in [0.4, 0.5) is 9.59 Å². The average molecular weight is 647 g/mol. The van der Waals surface area contributed by atoms with Gasteiger partial charge in [0.15, 0.2) is 5.60 Å². The maximum absolute atomic E-state index is 12.9. The van der Waals surface area contributed by atoms with E-state index in [9.17, 15) is 19.2 Å². The van der Waals surface area contributed by atoms with Crippen LogP contribution in [0.5, 0.6) is 5.75 Å². The van der Waals surface area contributed by atoms with Gasteiger partial charge >= 0.3 is 18.2 Å². The zero-order valence-electron chi connectivity index (χ0n) is 26.6. The maximum Gasteiger partial charge on any atom is 0.511 e. The molecule has 2 aromatic rings. The summed E-state index contributed by atoms with van der Waals surface area (Å²) in [5.41, 5.74) is -0.574. The van der Waals surface area contributed by atoms with Crippen molar-refractivity contribution in [3.05, 3.63) is 64.7 Å². The highest BCUT2D eigenvalue weighted by atomic mass is 35.5. The standard InChI is InChI=1S/C33H43ClN2O9/c1-21(42-31(40)43-27-10-8-7-9-26(27)36-30(39)45-32(2,3)4)41-29(38)33(5,6)44-25-17-11-22(12-18-25)19-20-35-28(37)23-13-15-24(34)16-14-23/h11-18,21,26-27H,7-10,19-20H2,1-6H3,(H,35,37)(H,36,39)/t21?,26?,27-/m1/s1. The number of nitrogens with one attached hydrogen (secondary N) is 2. The van der Waals surface area contributed by atoms with E-state index in [1.165, 1.54) is 20.8 Å². The van der Waals surface area contributed by atoms with E-state index >= 15 is 0 Å². The third-order valence-corrected chi connectivity index (χ3v) is 7.03. The molecule has 0 radical (unpaired) electrons. The molecule has 0 bridgehead atoms. The van der Waals surface area contributed by atoms with Crippen molar-refractivity contribution < 1.29 is 42.9 Å². The zero-order chi connectivity index (χ0) is 33.2. The summed E-state index contributed by atoms with van der Waals surface area (Å²) in [6.45, 7) is 10.2. The number of rotatable bonds is 11. The lowest BCUT2D eigenvalue weighted by atomic mass is 9.92. The van der Waals surface area contributed by atoms with Gasteiger partial charge in [-0.1, -0.05) is 30.2 Å². The molecule has 2 unspecified atom stereocenters. The van der Waals surface area contributed by atoms with Gasteiger partial charge in [0.25, 0.3) is 5.91 Å². The molecule has 1 aliphatic carbocycles. The van der Waals surface area contributed by atoms with Crippen LogP contribution in [-0.4, -0.2) is 60.3 Å². The van der Waals surface area contributed by atoms with E-state index in [2.05, 4.69) is 10.6 Å². The van der Waals surface area contributed by atoms with Gasteiger partial charge in [-0.3, -0.25) is 4.79 Å². The first-order valence-electron chi connectivity index (χ1n) is 15.0. The van der Waals surface area contributed by atoms with Gasteiger partial charge in [-0.25, -0.2) is 14.4 Å². The monoisotopic (exact) mass is 646 g/mol. The Bertz CT molecular complexity index is 1310. The molecule has 11 nitrogen and oxygen atoms in total. The van der Waals surface area contributed by atoms with Crippen molar-refractivity contribution >= 4 is 35.7 Å². The van der Waals surface area contributed by atoms with Crippen molar-refractivity contribution in [3.63, 3.8) is 0 Å². The average Bonchev–Trinajstić information content (AvgIpc) is 2.94. The summed E-state index contributed by atoms with van der Waals surface area (Å²) in [5, 5.41) is 6.20. The van der Waals surface area contributed by atoms with Gasteiger partial charge in [0.2, 0.25) is 6.29 Å². The summed E-state index contributed by atoms with van der Waals surface area (Å²) in [6.07, 6.45) is -0.0208. The molecule has 1 saturated carbocycles. The Morgan fingerprint density at radius 2 is 1.56 bits per heavy atom. The molecule has 2 aromatic carbocycles. The van der Waals surface area contributed by atoms with Crippen molar-refractivity contribution in [2.75, 3.05) is 6.54 Å². The minimum absolute atomic E-state index is 0.188. The second-order valence-corrected chi connectivity index (χ2v) is 12.7. The lowest BCUT2D eigenvalue weighted by Gasteiger charge is -2.32. The third kappa shape index (κ3) is 12.1. The van der Waals surface area contributed by atoms with Gasteiger partial charge < -0.3 is 34.3 Å². The summed E-state index contributed by atoms with van der Waals surface area (Å²) in [7, 11) is 0. The molecule has 0 spiro atoms. The van der Waals surface area contributed by atoms with Gasteiger partial charge in [0, 0.05) is 24.1 Å². The molecular weight excluding hydrogens is 604 g/mol. The Balaban J connectivity index is 1.43. The molecule has 0 heterocycles. The first kappa shape index (κ1) is 35.5. The maximum atomic E-state index is 12.9. The van der Waals surface area contributed by atoms with E-state index in [1.807, 2.05) is 12.1 Å². The number of carbonyl (C=O) groups excluding carboxylic acids is 4. The van der Waals surface area contributed by atoms with Crippen LogP contribution >= 0.6 is 11.6 Å². The number of benzene rings is 2. The lowest BCUT2D eigenvalue weighted by molar-refractivity contribution is -0.184. The van der Waals surface area contributed by atoms with Crippen LogP contribution in [0.1, 0.15) is 83.1 Å². The second kappa shape index (κ2) is 15.8. The van der Waals surface area contributed by atoms with Crippen LogP contribution in [0.15, 0.2) is 48.5 Å². The smallest absolute Gasteiger partial charge is 0.476 e. The molecule has 3 atom stereocenters. The number of alkyl carbamates (subject to hydrolysis) is 1. The van der Waals surface area contributed by atoms with Crippen molar-refractivity contribution in [1.82, 2.24) is 10.6 Å². The minimum atomic E-state index is -1.40. The van der Waals surface area contributed by atoms with E-state index in [1.54, 1.807) is 57.2 Å². The van der Waals surface area contributed by atoms with E-state index in [0.717, 1.165) is 18.4 Å². The van der Waals surface area contributed by atoms with E-state index in [4.69, 9.17) is 35.3 Å². The van der Waals surface area contributed by atoms with Gasteiger partial charge in [0.1, 0.15) is 17.5 Å². The van der Waals surface area contributed by atoms with E-state index < -0.39 is 47.9 Å². The van der Waals surface area contributed by atoms with Crippen molar-refractivity contribution in [2.24, 2.45) is 0 Å². The lowest BCUT2D eigenvalue weighted by Crippen LogP contribution is -2.48. The molecular formula is C33H43ClN2O9. The van der Waals surface area contributed by atoms with E-state index in [-0.39, 0.29) is 5.91 Å². The third-order valence-electron chi connectivity index (χ3n) is 6.78. The first-order valence-corrected chi connectivity index (χ1v) is 15.4. The number of hydrogen-bond donors (Lipinski definition) is 2. The van der Waals surface area contributed by atoms with Gasteiger partial charge in [0.05, 0.1) is 6.04 Å². The quantitative estimate of drug-likeness (QED) is 0.162. The van der Waals surface area contributed by atoms with Crippen molar-refractivity contribution in [3.8, 4) is 5.75 Å². The Morgan fingerprint density at radius 3 is 2.20 bits per heavy atom. The fraction of sp³-hybridized carbons (Fsp3) is 0.515. The van der Waals surface area contributed by atoms with Crippen molar-refractivity contribution in [2.45, 2.75) is 103 Å². The van der Waals surface area contributed by atoms with Crippen LogP contribution < -0.4 is 15.4 Å². The molecule has 1 fully saturated rings. The summed E-state index contributed by atoms with van der Waals surface area (Å²) < 4.78 is 27.1. The Morgan fingerprint density at radius 1 is 0.911 bits per heavy atom. The SMILES string of the molecule is CC(OC(=O)O[C@@H]1CCCCC1NC(=O)OC(C)(C)C)OC(=O)C(C)(C)Oc1ccc(CCNC(=O)c2ccc(Cl)cc2)cc1. The second-order valence-electron chi connectivity index (χ2n) is 12.3. The summed E-state index contributed by atoms with van der Waals surface area (Å²) >= 11 is 5.87. The Labute approximate surface area is 269 Å². The predicted molar refractivity (Wildman–Crippen MR) is 167 cm³/mol. The van der Waals surface area contributed by atoms with Gasteiger partial charge in [-0.15, -0.1) is 0 Å². The summed E-state index contributed by atoms with van der Waals surface area (Å²) in [4.78, 5) is 49.8. The fourth-order valence-electron chi connectivity index (χ4n) is 4.55. The highest BCUT2D eigenvalue weighted by molar-refractivity contribution is 6.30. The molecule has 0 saturated heterocycles. The minimum Gasteiger partial charge on any atom is -0.476 e. The van der Waals surface area contributed by atoms with Crippen LogP contribution in [0.2, 0.25) is 5.02 Å². The Kier molecular flexibility index (Phi) is 12.5. The number of carbonyl (C=O) groups is 4. The van der Waals surface area contributed by atoms with Crippen LogP contribution in [-0.2, 0) is 30.2 Å². The molecule has 3 rings (SSSR count). The molecule has 2 amide bonds. The molecule has 0 aliphatic heterocycles. The number of esters is 1. The molecule has 1 aliphatic rings. The summed E-state index contributed by atoms with van der Waals surface area (Å²) in [5.74, 6) is -0.509. The highest BCUT2D eigenvalue weighted by Gasteiger charge is 2.35. The molecule has 12 heteroatoms. The van der Waals surface area contributed by atoms with Gasteiger partial charge in [-0.2, -0.15) is 0 Å². The van der Waals surface area contributed by atoms with E-state index in [0.29, 0.717) is 42.1 Å².